The molecule has 0 spiro atoms. The van der Waals surface area contributed by atoms with Crippen LogP contribution in [0.1, 0.15) is 122 Å². The van der Waals surface area contributed by atoms with Gasteiger partial charge in [-0.15, -0.1) is 0 Å². The lowest BCUT2D eigenvalue weighted by molar-refractivity contribution is 0.212. The van der Waals surface area contributed by atoms with Crippen LogP contribution in [0.3, 0.4) is 0 Å². The predicted octanol–water partition coefficient (Wildman–Crippen LogP) is 10.0. The fourth-order valence-electron chi connectivity index (χ4n) is 4.64. The van der Waals surface area contributed by atoms with E-state index in [0.717, 1.165) is 18.4 Å². The Hall–Kier alpha value is -2.04. The zero-order valence-corrected chi connectivity index (χ0v) is 23.4. The van der Waals surface area contributed by atoms with Gasteiger partial charge in [0.25, 0.3) is 0 Å². The van der Waals surface area contributed by atoms with Crippen LogP contribution in [0, 0.1) is 0 Å². The number of ether oxygens (including phenoxy) is 1. The SMILES string of the molecule is CCCCCCCCCCCCc1ccc(-c2ncc(OCCC(F)CCCC(F)CCC)cn2)cc1. The lowest BCUT2D eigenvalue weighted by atomic mass is 10.0. The van der Waals surface area contributed by atoms with Gasteiger partial charge in [-0.3, -0.25) is 0 Å². The maximum atomic E-state index is 14.0. The van der Waals surface area contributed by atoms with E-state index in [4.69, 9.17) is 4.74 Å². The molecule has 0 bridgehead atoms. The van der Waals surface area contributed by atoms with Crippen molar-refractivity contribution in [2.75, 3.05) is 6.61 Å². The molecule has 37 heavy (non-hydrogen) atoms. The van der Waals surface area contributed by atoms with Crippen molar-refractivity contribution in [2.24, 2.45) is 0 Å². The molecule has 3 nitrogen and oxygen atoms in total. The summed E-state index contributed by atoms with van der Waals surface area (Å²) in [4.78, 5) is 8.84. The van der Waals surface area contributed by atoms with Crippen molar-refractivity contribution in [3.63, 3.8) is 0 Å². The lowest BCUT2D eigenvalue weighted by Gasteiger charge is -2.11. The molecule has 5 heteroatoms. The van der Waals surface area contributed by atoms with Crippen molar-refractivity contribution in [3.8, 4) is 17.1 Å². The topological polar surface area (TPSA) is 35.0 Å². The Bertz CT molecular complexity index is 797. The molecule has 208 valence electrons. The molecule has 0 amide bonds. The number of aryl methyl sites for hydroxylation is 1. The van der Waals surface area contributed by atoms with E-state index in [1.807, 2.05) is 6.92 Å². The molecule has 0 N–H and O–H groups in total. The fraction of sp³-hybridized carbons (Fsp3) is 0.688. The summed E-state index contributed by atoms with van der Waals surface area (Å²) >= 11 is 0. The molecule has 0 radical (unpaired) electrons. The third-order valence-corrected chi connectivity index (χ3v) is 7.00. The molecule has 2 unspecified atom stereocenters. The van der Waals surface area contributed by atoms with E-state index in [1.165, 1.54) is 69.8 Å². The highest BCUT2D eigenvalue weighted by Gasteiger charge is 2.10. The minimum Gasteiger partial charge on any atom is -0.490 e. The van der Waals surface area contributed by atoms with Crippen molar-refractivity contribution in [2.45, 2.75) is 135 Å². The van der Waals surface area contributed by atoms with Crippen LogP contribution in [-0.4, -0.2) is 28.9 Å². The first-order valence-electron chi connectivity index (χ1n) is 14.9. The van der Waals surface area contributed by atoms with Gasteiger partial charge in [-0.25, -0.2) is 18.7 Å². The minimum atomic E-state index is -0.965. The van der Waals surface area contributed by atoms with Gasteiger partial charge in [0.15, 0.2) is 11.6 Å². The molecule has 0 saturated heterocycles. The van der Waals surface area contributed by atoms with Crippen LogP contribution >= 0.6 is 0 Å². The number of unbranched alkanes of at least 4 members (excludes halogenated alkanes) is 9. The quantitative estimate of drug-likeness (QED) is 0.146. The molecule has 0 aliphatic heterocycles. The Morgan fingerprint density at radius 3 is 1.81 bits per heavy atom. The van der Waals surface area contributed by atoms with Gasteiger partial charge < -0.3 is 4.74 Å². The Kier molecular flexibility index (Phi) is 16.8. The number of hydrogen-bond donors (Lipinski definition) is 0. The molecular weight excluding hydrogens is 466 g/mol. The molecule has 1 aromatic carbocycles. The number of aromatic nitrogens is 2. The molecular formula is C32H50F2N2O. The smallest absolute Gasteiger partial charge is 0.159 e. The minimum absolute atomic E-state index is 0.269. The molecule has 0 aliphatic carbocycles. The van der Waals surface area contributed by atoms with Crippen LogP contribution in [0.4, 0.5) is 8.78 Å². The van der Waals surface area contributed by atoms with E-state index in [9.17, 15) is 8.78 Å². The maximum Gasteiger partial charge on any atom is 0.159 e. The van der Waals surface area contributed by atoms with Gasteiger partial charge >= 0.3 is 0 Å². The van der Waals surface area contributed by atoms with Gasteiger partial charge in [-0.05, 0) is 44.1 Å². The first-order chi connectivity index (χ1) is 18.1. The van der Waals surface area contributed by atoms with E-state index in [1.54, 1.807) is 12.4 Å². The number of halogens is 2. The highest BCUT2D eigenvalue weighted by molar-refractivity contribution is 5.55. The molecule has 1 aromatic heterocycles. The number of hydrogen-bond acceptors (Lipinski definition) is 3. The zero-order chi connectivity index (χ0) is 26.6. The van der Waals surface area contributed by atoms with Crippen LogP contribution < -0.4 is 4.74 Å². The molecule has 2 rings (SSSR count). The first kappa shape index (κ1) is 31.2. The van der Waals surface area contributed by atoms with Gasteiger partial charge in [0.1, 0.15) is 12.3 Å². The van der Waals surface area contributed by atoms with Crippen molar-refractivity contribution < 1.29 is 13.5 Å². The van der Waals surface area contributed by atoms with Crippen LogP contribution in [0.25, 0.3) is 11.4 Å². The molecule has 2 aromatic rings. The molecule has 0 aliphatic rings. The lowest BCUT2D eigenvalue weighted by Crippen LogP contribution is -2.09. The number of nitrogens with zero attached hydrogens (tertiary/aromatic N) is 2. The second kappa shape index (κ2) is 20.0. The highest BCUT2D eigenvalue weighted by Crippen LogP contribution is 2.20. The van der Waals surface area contributed by atoms with E-state index in [-0.39, 0.29) is 6.61 Å². The number of benzene rings is 1. The average molecular weight is 517 g/mol. The summed E-state index contributed by atoms with van der Waals surface area (Å²) in [5.74, 6) is 1.20. The predicted molar refractivity (Wildman–Crippen MR) is 152 cm³/mol. The summed E-state index contributed by atoms with van der Waals surface area (Å²) in [6, 6.07) is 8.51. The summed E-state index contributed by atoms with van der Waals surface area (Å²) in [5.41, 5.74) is 2.34. The zero-order valence-electron chi connectivity index (χ0n) is 23.4. The van der Waals surface area contributed by atoms with E-state index in [2.05, 4.69) is 41.2 Å². The van der Waals surface area contributed by atoms with Crippen LogP contribution in [0.2, 0.25) is 0 Å². The Morgan fingerprint density at radius 1 is 0.649 bits per heavy atom. The summed E-state index contributed by atoms with van der Waals surface area (Å²) in [6.07, 6.45) is 19.3. The van der Waals surface area contributed by atoms with Crippen LogP contribution in [0.5, 0.6) is 5.75 Å². The van der Waals surface area contributed by atoms with Gasteiger partial charge in [0.05, 0.1) is 19.0 Å². The molecule has 0 saturated carbocycles. The van der Waals surface area contributed by atoms with E-state index in [0.29, 0.717) is 43.7 Å². The third kappa shape index (κ3) is 14.5. The van der Waals surface area contributed by atoms with Crippen LogP contribution in [0.15, 0.2) is 36.7 Å². The number of alkyl halides is 2. The van der Waals surface area contributed by atoms with Crippen LogP contribution in [-0.2, 0) is 6.42 Å². The largest absolute Gasteiger partial charge is 0.490 e. The second-order valence-electron chi connectivity index (χ2n) is 10.4. The van der Waals surface area contributed by atoms with Gasteiger partial charge in [-0.2, -0.15) is 0 Å². The Morgan fingerprint density at radius 2 is 1.22 bits per heavy atom. The number of rotatable bonds is 22. The van der Waals surface area contributed by atoms with Gasteiger partial charge in [0, 0.05) is 12.0 Å². The molecule has 0 fully saturated rings. The molecule has 2 atom stereocenters. The third-order valence-electron chi connectivity index (χ3n) is 7.00. The Balaban J connectivity index is 1.59. The van der Waals surface area contributed by atoms with Gasteiger partial charge in [-0.1, -0.05) is 102 Å². The molecule has 1 heterocycles. The fourth-order valence-corrected chi connectivity index (χ4v) is 4.64. The summed E-state index contributed by atoms with van der Waals surface area (Å²) in [6.45, 7) is 4.50. The highest BCUT2D eigenvalue weighted by atomic mass is 19.1. The standard InChI is InChI=1S/C32H50F2N2O/c1-3-5-6-7-8-9-10-11-12-13-16-27-19-21-28(22-20-27)32-35-25-31(26-36-32)37-24-23-30(34)18-14-17-29(33)15-4-2/h19-22,25-26,29-30H,3-18,23-24H2,1-2H3. The normalized spacial score (nSPS) is 13.0. The van der Waals surface area contributed by atoms with Gasteiger partial charge in [0.2, 0.25) is 0 Å². The van der Waals surface area contributed by atoms with Crippen molar-refractivity contribution in [3.05, 3.63) is 42.2 Å². The van der Waals surface area contributed by atoms with Crippen molar-refractivity contribution >= 4 is 0 Å². The van der Waals surface area contributed by atoms with E-state index < -0.39 is 12.3 Å². The second-order valence-corrected chi connectivity index (χ2v) is 10.4. The van der Waals surface area contributed by atoms with Crippen molar-refractivity contribution in [1.29, 1.82) is 0 Å². The maximum absolute atomic E-state index is 14.0. The average Bonchev–Trinajstić information content (AvgIpc) is 2.91. The Labute approximate surface area is 224 Å². The van der Waals surface area contributed by atoms with Crippen molar-refractivity contribution in [1.82, 2.24) is 9.97 Å². The van der Waals surface area contributed by atoms with E-state index >= 15 is 0 Å². The summed E-state index contributed by atoms with van der Waals surface area (Å²) in [7, 11) is 0. The first-order valence-corrected chi connectivity index (χ1v) is 14.9. The summed E-state index contributed by atoms with van der Waals surface area (Å²) in [5, 5.41) is 0. The summed E-state index contributed by atoms with van der Waals surface area (Å²) < 4.78 is 33.1. The monoisotopic (exact) mass is 516 g/mol.